The SMILES string of the molecule is CCOC(=O)CSc1cnc(NC(=O)N(C2CCCCC2)C2CCN(C(C)=O)CC2)s1. The number of aromatic nitrogens is 1. The van der Waals surface area contributed by atoms with E-state index in [1.807, 2.05) is 9.80 Å². The zero-order valence-corrected chi connectivity index (χ0v) is 19.9. The van der Waals surface area contributed by atoms with Crippen LogP contribution in [0.4, 0.5) is 9.93 Å². The minimum atomic E-state index is -0.258. The Kier molecular flexibility index (Phi) is 9.01. The van der Waals surface area contributed by atoms with Crippen LogP contribution in [-0.2, 0) is 14.3 Å². The lowest BCUT2D eigenvalue weighted by molar-refractivity contribution is -0.139. The first-order chi connectivity index (χ1) is 15.0. The summed E-state index contributed by atoms with van der Waals surface area (Å²) in [5.41, 5.74) is 0. The molecule has 1 N–H and O–H groups in total. The number of likely N-dealkylation sites (tertiary alicyclic amines) is 1. The quantitative estimate of drug-likeness (QED) is 0.481. The molecule has 8 nitrogen and oxygen atoms in total. The number of piperidine rings is 1. The fourth-order valence-corrected chi connectivity index (χ4v) is 5.98. The molecule has 0 atom stereocenters. The van der Waals surface area contributed by atoms with E-state index in [-0.39, 0.29) is 35.7 Å². The number of nitrogens with one attached hydrogen (secondary N) is 1. The lowest BCUT2D eigenvalue weighted by Gasteiger charge is -2.43. The number of carbonyl (C=O) groups is 3. The van der Waals surface area contributed by atoms with E-state index in [0.29, 0.717) is 24.8 Å². The number of thiazole rings is 1. The number of hydrogen-bond donors (Lipinski definition) is 1. The summed E-state index contributed by atoms with van der Waals surface area (Å²) in [6.45, 7) is 5.15. The van der Waals surface area contributed by atoms with Crippen molar-refractivity contribution in [2.24, 2.45) is 0 Å². The van der Waals surface area contributed by atoms with Gasteiger partial charge in [-0.25, -0.2) is 9.78 Å². The molecule has 0 unspecified atom stereocenters. The molecule has 0 radical (unpaired) electrons. The number of urea groups is 1. The Hall–Kier alpha value is -1.81. The van der Waals surface area contributed by atoms with E-state index < -0.39 is 0 Å². The van der Waals surface area contributed by atoms with Crippen LogP contribution in [0.5, 0.6) is 0 Å². The van der Waals surface area contributed by atoms with Crippen molar-refractivity contribution in [2.45, 2.75) is 75.1 Å². The van der Waals surface area contributed by atoms with E-state index in [1.165, 1.54) is 29.5 Å². The van der Waals surface area contributed by atoms with Crippen LogP contribution in [0.25, 0.3) is 0 Å². The molecule has 1 aliphatic heterocycles. The average Bonchev–Trinajstić information content (AvgIpc) is 3.21. The van der Waals surface area contributed by atoms with E-state index in [0.717, 1.165) is 42.7 Å². The molecule has 31 heavy (non-hydrogen) atoms. The average molecular weight is 469 g/mol. The van der Waals surface area contributed by atoms with Crippen molar-refractivity contribution < 1.29 is 19.1 Å². The monoisotopic (exact) mass is 468 g/mol. The molecule has 3 amide bonds. The number of amides is 3. The molecule has 0 aromatic carbocycles. The molecule has 1 saturated heterocycles. The molecule has 1 aliphatic carbocycles. The summed E-state index contributed by atoms with van der Waals surface area (Å²) in [6, 6.07) is 0.265. The molecule has 172 valence electrons. The Morgan fingerprint density at radius 2 is 1.87 bits per heavy atom. The second-order valence-electron chi connectivity index (χ2n) is 7.94. The lowest BCUT2D eigenvalue weighted by atomic mass is 9.91. The van der Waals surface area contributed by atoms with Crippen molar-refractivity contribution in [3.05, 3.63) is 6.20 Å². The third-order valence-corrected chi connectivity index (χ3v) is 7.92. The van der Waals surface area contributed by atoms with E-state index in [2.05, 4.69) is 10.3 Å². The van der Waals surface area contributed by atoms with Crippen molar-refractivity contribution >= 4 is 46.1 Å². The molecular formula is C21H32N4O4S2. The van der Waals surface area contributed by atoms with E-state index in [1.54, 1.807) is 20.0 Å². The van der Waals surface area contributed by atoms with Gasteiger partial charge in [0, 0.05) is 32.1 Å². The smallest absolute Gasteiger partial charge is 0.324 e. The van der Waals surface area contributed by atoms with Gasteiger partial charge < -0.3 is 14.5 Å². The Bertz CT molecular complexity index is 758. The van der Waals surface area contributed by atoms with Gasteiger partial charge in [-0.3, -0.25) is 14.9 Å². The Balaban J connectivity index is 1.62. The maximum absolute atomic E-state index is 13.3. The molecular weight excluding hydrogens is 436 g/mol. The normalized spacial score (nSPS) is 17.9. The van der Waals surface area contributed by atoms with Crippen LogP contribution < -0.4 is 5.32 Å². The van der Waals surface area contributed by atoms with Crippen LogP contribution in [0.3, 0.4) is 0 Å². The van der Waals surface area contributed by atoms with Gasteiger partial charge in [0.1, 0.15) is 0 Å². The summed E-state index contributed by atoms with van der Waals surface area (Å²) < 4.78 is 5.81. The molecule has 0 bridgehead atoms. The van der Waals surface area contributed by atoms with Gasteiger partial charge in [0.15, 0.2) is 5.13 Å². The number of nitrogens with zero attached hydrogens (tertiary/aromatic N) is 3. The van der Waals surface area contributed by atoms with Gasteiger partial charge in [-0.15, -0.1) is 11.8 Å². The van der Waals surface area contributed by atoms with E-state index >= 15 is 0 Å². The molecule has 2 heterocycles. The number of esters is 1. The highest BCUT2D eigenvalue weighted by Crippen LogP contribution is 2.31. The highest BCUT2D eigenvalue weighted by molar-refractivity contribution is 8.01. The molecule has 10 heteroatoms. The largest absolute Gasteiger partial charge is 0.465 e. The van der Waals surface area contributed by atoms with Crippen LogP contribution in [0.1, 0.15) is 58.8 Å². The predicted octanol–water partition coefficient (Wildman–Crippen LogP) is 3.98. The second kappa shape index (κ2) is 11.7. The fourth-order valence-electron chi connectivity index (χ4n) is 4.32. The standard InChI is InChI=1S/C21H32N4O4S2/c1-3-29-18(27)14-30-19-13-22-20(31-19)23-21(28)25(16-7-5-4-6-8-16)17-9-11-24(12-10-17)15(2)26/h13,16-17H,3-12,14H2,1-2H3,(H,22,23,28). The summed E-state index contributed by atoms with van der Waals surface area (Å²) in [4.78, 5) is 44.8. The van der Waals surface area contributed by atoms with Crippen LogP contribution in [0.2, 0.25) is 0 Å². The maximum Gasteiger partial charge on any atom is 0.324 e. The second-order valence-corrected chi connectivity index (χ2v) is 10.3. The molecule has 0 spiro atoms. The van der Waals surface area contributed by atoms with Gasteiger partial charge in [0.25, 0.3) is 0 Å². The van der Waals surface area contributed by atoms with Crippen molar-refractivity contribution in [1.29, 1.82) is 0 Å². The van der Waals surface area contributed by atoms with Crippen LogP contribution >= 0.6 is 23.1 Å². The molecule has 2 fully saturated rings. The third kappa shape index (κ3) is 6.83. The van der Waals surface area contributed by atoms with Gasteiger partial charge in [0.2, 0.25) is 5.91 Å². The molecule has 3 rings (SSSR count). The van der Waals surface area contributed by atoms with E-state index in [9.17, 15) is 14.4 Å². The fraction of sp³-hybridized carbons (Fsp3) is 0.714. The van der Waals surface area contributed by atoms with Crippen molar-refractivity contribution in [3.63, 3.8) is 0 Å². The van der Waals surface area contributed by atoms with Gasteiger partial charge in [-0.1, -0.05) is 30.6 Å². The minimum absolute atomic E-state index is 0.0998. The van der Waals surface area contributed by atoms with Gasteiger partial charge in [-0.05, 0) is 32.6 Å². The minimum Gasteiger partial charge on any atom is -0.465 e. The van der Waals surface area contributed by atoms with Crippen LogP contribution in [0, 0.1) is 0 Å². The van der Waals surface area contributed by atoms with Gasteiger partial charge in [0.05, 0.1) is 22.8 Å². The third-order valence-electron chi connectivity index (χ3n) is 5.84. The number of thioether (sulfide) groups is 1. The van der Waals surface area contributed by atoms with E-state index in [4.69, 9.17) is 4.74 Å². The summed E-state index contributed by atoms with van der Waals surface area (Å²) in [6.07, 6.45) is 8.86. The first-order valence-electron chi connectivity index (χ1n) is 11.1. The number of rotatable bonds is 7. The topological polar surface area (TPSA) is 91.8 Å². The summed E-state index contributed by atoms with van der Waals surface area (Å²) in [7, 11) is 0. The number of hydrogen-bond acceptors (Lipinski definition) is 7. The van der Waals surface area contributed by atoms with Crippen molar-refractivity contribution in [1.82, 2.24) is 14.8 Å². The number of ether oxygens (including phenoxy) is 1. The predicted molar refractivity (Wildman–Crippen MR) is 122 cm³/mol. The highest BCUT2D eigenvalue weighted by atomic mass is 32.2. The van der Waals surface area contributed by atoms with Crippen molar-refractivity contribution in [2.75, 3.05) is 30.8 Å². The molecule has 1 saturated carbocycles. The zero-order valence-electron chi connectivity index (χ0n) is 18.3. The Labute approximate surface area is 192 Å². The van der Waals surface area contributed by atoms with Gasteiger partial charge >= 0.3 is 12.0 Å². The van der Waals surface area contributed by atoms with Gasteiger partial charge in [-0.2, -0.15) is 0 Å². The molecule has 2 aliphatic rings. The van der Waals surface area contributed by atoms with Crippen molar-refractivity contribution in [3.8, 4) is 0 Å². The highest BCUT2D eigenvalue weighted by Gasteiger charge is 2.34. The summed E-state index contributed by atoms with van der Waals surface area (Å²) in [5.74, 6) is 0.0707. The van der Waals surface area contributed by atoms with Crippen LogP contribution in [-0.4, -0.2) is 70.2 Å². The number of carbonyl (C=O) groups excluding carboxylic acids is 3. The zero-order chi connectivity index (χ0) is 22.2. The lowest BCUT2D eigenvalue weighted by Crippen LogP contribution is -2.54. The molecule has 1 aromatic heterocycles. The Morgan fingerprint density at radius 1 is 1.19 bits per heavy atom. The van der Waals surface area contributed by atoms with Crippen LogP contribution in [0.15, 0.2) is 10.4 Å². The summed E-state index contributed by atoms with van der Waals surface area (Å²) in [5, 5.41) is 3.53. The first kappa shape index (κ1) is 23.8. The first-order valence-corrected chi connectivity index (χ1v) is 12.9. The summed E-state index contributed by atoms with van der Waals surface area (Å²) >= 11 is 2.73. The maximum atomic E-state index is 13.3. The Morgan fingerprint density at radius 3 is 2.52 bits per heavy atom. The molecule has 1 aromatic rings. The number of anilines is 1.